The van der Waals surface area contributed by atoms with Crippen molar-refractivity contribution in [2.24, 2.45) is 5.73 Å². The minimum Gasteiger partial charge on any atom is -0.491 e. The van der Waals surface area contributed by atoms with Crippen LogP contribution in [0, 0.1) is 0 Å². The van der Waals surface area contributed by atoms with Gasteiger partial charge in [-0.15, -0.1) is 11.3 Å². The second kappa shape index (κ2) is 5.87. The van der Waals surface area contributed by atoms with Gasteiger partial charge >= 0.3 is 0 Å². The lowest BCUT2D eigenvalue weighted by atomic mass is 10.1. The van der Waals surface area contributed by atoms with Gasteiger partial charge in [-0.1, -0.05) is 12.1 Å². The Bertz CT molecular complexity index is 524. The minimum absolute atomic E-state index is 0.1000. The summed E-state index contributed by atoms with van der Waals surface area (Å²) in [6, 6.07) is 12.0. The molecular weight excluding hydrogens is 310 g/mol. The molecule has 1 heterocycles. The third-order valence-electron chi connectivity index (χ3n) is 2.49. The van der Waals surface area contributed by atoms with Crippen molar-refractivity contribution in [1.82, 2.24) is 0 Å². The predicted molar refractivity (Wildman–Crippen MR) is 80.3 cm³/mol. The number of halogens is 1. The Morgan fingerprint density at radius 1 is 1.22 bits per heavy atom. The average molecular weight is 326 g/mol. The van der Waals surface area contributed by atoms with Crippen LogP contribution in [0.4, 0.5) is 0 Å². The number of benzene rings is 1. The van der Waals surface area contributed by atoms with Gasteiger partial charge in [0.05, 0.1) is 15.9 Å². The van der Waals surface area contributed by atoms with Gasteiger partial charge in [0.1, 0.15) is 5.75 Å². The molecule has 0 aliphatic heterocycles. The first-order valence-corrected chi connectivity index (χ1v) is 7.44. The monoisotopic (exact) mass is 325 g/mol. The molecule has 1 aromatic carbocycles. The number of hydrogen-bond acceptors (Lipinski definition) is 3. The van der Waals surface area contributed by atoms with Crippen molar-refractivity contribution in [2.45, 2.75) is 26.0 Å². The normalized spacial score (nSPS) is 12.7. The Morgan fingerprint density at radius 3 is 2.61 bits per heavy atom. The van der Waals surface area contributed by atoms with Gasteiger partial charge in [-0.05, 0) is 59.6 Å². The third kappa shape index (κ3) is 3.34. The van der Waals surface area contributed by atoms with Crippen LogP contribution in [0.2, 0.25) is 0 Å². The summed E-state index contributed by atoms with van der Waals surface area (Å²) in [5.41, 5.74) is 7.34. The zero-order chi connectivity index (χ0) is 13.1. The van der Waals surface area contributed by atoms with Gasteiger partial charge in [0.2, 0.25) is 0 Å². The molecule has 0 amide bonds. The molecule has 2 nitrogen and oxygen atoms in total. The molecule has 2 rings (SSSR count). The van der Waals surface area contributed by atoms with Crippen molar-refractivity contribution in [2.75, 3.05) is 0 Å². The van der Waals surface area contributed by atoms with Crippen LogP contribution in [0.3, 0.4) is 0 Å². The first-order chi connectivity index (χ1) is 8.56. The molecule has 0 aliphatic rings. The number of thiophene rings is 1. The lowest BCUT2D eigenvalue weighted by Crippen LogP contribution is -2.11. The van der Waals surface area contributed by atoms with E-state index in [0.29, 0.717) is 0 Å². The van der Waals surface area contributed by atoms with E-state index in [1.807, 2.05) is 44.2 Å². The Labute approximate surface area is 120 Å². The summed E-state index contributed by atoms with van der Waals surface area (Å²) < 4.78 is 6.78. The molecule has 1 atom stereocenters. The number of nitrogens with two attached hydrogens (primary N) is 1. The molecule has 1 aromatic heterocycles. The lowest BCUT2D eigenvalue weighted by Gasteiger charge is -2.14. The van der Waals surface area contributed by atoms with Gasteiger partial charge in [-0.3, -0.25) is 0 Å². The second-order valence-corrected chi connectivity index (χ2v) is 6.85. The molecular formula is C14H16BrNOS. The topological polar surface area (TPSA) is 35.2 Å². The van der Waals surface area contributed by atoms with Crippen molar-refractivity contribution in [3.05, 3.63) is 50.6 Å². The van der Waals surface area contributed by atoms with Gasteiger partial charge in [-0.2, -0.15) is 0 Å². The summed E-state index contributed by atoms with van der Waals surface area (Å²) in [5, 5.41) is 0. The van der Waals surface area contributed by atoms with Crippen LogP contribution in [0.15, 0.2) is 40.2 Å². The van der Waals surface area contributed by atoms with Gasteiger partial charge < -0.3 is 10.5 Å². The quantitative estimate of drug-likeness (QED) is 0.907. The molecule has 0 aliphatic carbocycles. The van der Waals surface area contributed by atoms with E-state index >= 15 is 0 Å². The zero-order valence-corrected chi connectivity index (χ0v) is 12.8. The number of ether oxygens (including phenoxy) is 1. The molecule has 0 spiro atoms. The van der Waals surface area contributed by atoms with Crippen LogP contribution in [-0.4, -0.2) is 6.10 Å². The molecule has 1 unspecified atom stereocenters. The molecule has 96 valence electrons. The van der Waals surface area contributed by atoms with Crippen LogP contribution in [0.5, 0.6) is 5.75 Å². The molecule has 2 aromatic rings. The summed E-state index contributed by atoms with van der Waals surface area (Å²) in [7, 11) is 0. The molecule has 0 saturated carbocycles. The van der Waals surface area contributed by atoms with Crippen LogP contribution in [0.1, 0.15) is 30.3 Å². The maximum absolute atomic E-state index is 6.26. The molecule has 0 bridgehead atoms. The minimum atomic E-state index is -0.1000. The van der Waals surface area contributed by atoms with E-state index in [0.717, 1.165) is 20.0 Å². The Morgan fingerprint density at radius 2 is 2.00 bits per heavy atom. The highest BCUT2D eigenvalue weighted by atomic mass is 79.9. The van der Waals surface area contributed by atoms with Gasteiger partial charge in [0, 0.05) is 4.88 Å². The van der Waals surface area contributed by atoms with E-state index in [1.165, 1.54) is 0 Å². The SMILES string of the molecule is CC(C)Oc1cccc(C(N)c2ccc(Br)s2)c1. The van der Waals surface area contributed by atoms with Crippen LogP contribution in [-0.2, 0) is 0 Å². The molecule has 4 heteroatoms. The standard InChI is InChI=1S/C14H16BrNOS/c1-9(2)17-11-5-3-4-10(8-11)14(16)12-6-7-13(15)18-12/h3-9,14H,16H2,1-2H3. The largest absolute Gasteiger partial charge is 0.491 e. The van der Waals surface area contributed by atoms with E-state index in [-0.39, 0.29) is 12.1 Å². The van der Waals surface area contributed by atoms with E-state index < -0.39 is 0 Å². The molecule has 0 fully saturated rings. The van der Waals surface area contributed by atoms with Crippen molar-refractivity contribution in [3.63, 3.8) is 0 Å². The lowest BCUT2D eigenvalue weighted by molar-refractivity contribution is 0.242. The Hall–Kier alpha value is -0.840. The van der Waals surface area contributed by atoms with Crippen molar-refractivity contribution >= 4 is 27.3 Å². The average Bonchev–Trinajstić information content (AvgIpc) is 2.74. The number of hydrogen-bond donors (Lipinski definition) is 1. The number of rotatable bonds is 4. The third-order valence-corrected chi connectivity index (χ3v) is 4.20. The molecule has 2 N–H and O–H groups in total. The Kier molecular flexibility index (Phi) is 4.43. The van der Waals surface area contributed by atoms with E-state index in [1.54, 1.807) is 11.3 Å². The summed E-state index contributed by atoms with van der Waals surface area (Å²) in [5.74, 6) is 0.869. The maximum Gasteiger partial charge on any atom is 0.120 e. The summed E-state index contributed by atoms with van der Waals surface area (Å²) in [4.78, 5) is 1.14. The van der Waals surface area contributed by atoms with Crippen molar-refractivity contribution in [1.29, 1.82) is 0 Å². The van der Waals surface area contributed by atoms with Gasteiger partial charge in [0.25, 0.3) is 0 Å². The smallest absolute Gasteiger partial charge is 0.120 e. The van der Waals surface area contributed by atoms with Crippen LogP contribution in [0.25, 0.3) is 0 Å². The van der Waals surface area contributed by atoms with E-state index in [9.17, 15) is 0 Å². The van der Waals surface area contributed by atoms with Crippen molar-refractivity contribution in [3.8, 4) is 5.75 Å². The predicted octanol–water partition coefficient (Wildman–Crippen LogP) is 4.35. The van der Waals surface area contributed by atoms with Gasteiger partial charge in [0.15, 0.2) is 0 Å². The Balaban J connectivity index is 2.22. The molecule has 0 saturated heterocycles. The van der Waals surface area contributed by atoms with E-state index in [2.05, 4.69) is 22.0 Å². The van der Waals surface area contributed by atoms with Crippen LogP contribution < -0.4 is 10.5 Å². The molecule has 0 radical (unpaired) electrons. The fourth-order valence-corrected chi connectivity index (χ4v) is 3.17. The maximum atomic E-state index is 6.26. The van der Waals surface area contributed by atoms with Crippen molar-refractivity contribution < 1.29 is 4.74 Å². The highest BCUT2D eigenvalue weighted by Gasteiger charge is 2.12. The first kappa shape index (κ1) is 13.6. The van der Waals surface area contributed by atoms with Gasteiger partial charge in [-0.25, -0.2) is 0 Å². The van der Waals surface area contributed by atoms with E-state index in [4.69, 9.17) is 10.5 Å². The highest BCUT2D eigenvalue weighted by molar-refractivity contribution is 9.11. The zero-order valence-electron chi connectivity index (χ0n) is 10.4. The summed E-state index contributed by atoms with van der Waals surface area (Å²) in [6.07, 6.45) is 0.173. The fourth-order valence-electron chi connectivity index (χ4n) is 1.71. The fraction of sp³-hybridized carbons (Fsp3) is 0.286. The molecule has 18 heavy (non-hydrogen) atoms. The highest BCUT2D eigenvalue weighted by Crippen LogP contribution is 2.31. The summed E-state index contributed by atoms with van der Waals surface area (Å²) >= 11 is 5.12. The second-order valence-electron chi connectivity index (χ2n) is 4.36. The summed E-state index contributed by atoms with van der Waals surface area (Å²) in [6.45, 7) is 4.03. The van der Waals surface area contributed by atoms with Crippen LogP contribution >= 0.6 is 27.3 Å². The first-order valence-electron chi connectivity index (χ1n) is 5.83.